The number of nitrogens with zero attached hydrogens (tertiary/aromatic N) is 3. The third kappa shape index (κ3) is 6.66. The summed E-state index contributed by atoms with van der Waals surface area (Å²) in [5.41, 5.74) is 7.26. The average Bonchev–Trinajstić information content (AvgIpc) is 2.59. The minimum Gasteiger partial charge on any atom is -0.370 e. The van der Waals surface area contributed by atoms with Gasteiger partial charge in [0, 0.05) is 45.0 Å². The Bertz CT molecular complexity index is 510. The van der Waals surface area contributed by atoms with Gasteiger partial charge in [-0.05, 0) is 43.9 Å². The molecule has 0 amide bonds. The minimum atomic E-state index is 0. The molecule has 1 aliphatic heterocycles. The number of para-hydroxylation sites is 1. The Hall–Kier alpha value is -1.02. The van der Waals surface area contributed by atoms with E-state index in [1.807, 2.05) is 0 Å². The lowest BCUT2D eigenvalue weighted by Gasteiger charge is -2.36. The quantitative estimate of drug-likeness (QED) is 0.286. The van der Waals surface area contributed by atoms with Crippen molar-refractivity contribution >= 4 is 35.6 Å². The fourth-order valence-electron chi connectivity index (χ4n) is 3.35. The van der Waals surface area contributed by atoms with E-state index in [2.05, 4.69) is 50.4 Å². The highest BCUT2D eigenvalue weighted by atomic mass is 127. The topological polar surface area (TPSA) is 56.9 Å². The smallest absolute Gasteiger partial charge is 0.188 e. The van der Waals surface area contributed by atoms with Gasteiger partial charge in [0.15, 0.2) is 5.96 Å². The van der Waals surface area contributed by atoms with Crippen LogP contribution in [-0.2, 0) is 0 Å². The maximum absolute atomic E-state index is 5.92. The molecule has 0 unspecified atom stereocenters. The van der Waals surface area contributed by atoms with Crippen LogP contribution >= 0.6 is 24.0 Å². The number of aliphatic imine (C=N–C) groups is 1. The number of anilines is 1. The van der Waals surface area contributed by atoms with Crippen LogP contribution in [0.1, 0.15) is 25.7 Å². The van der Waals surface area contributed by atoms with Crippen molar-refractivity contribution in [2.45, 2.75) is 25.7 Å². The minimum absolute atomic E-state index is 0. The number of hydrogen-bond acceptors (Lipinski definition) is 3. The molecule has 0 bridgehead atoms. The summed E-state index contributed by atoms with van der Waals surface area (Å²) in [6.45, 7) is 7.45. The number of nitrogens with one attached hydrogen (secondary N) is 1. The van der Waals surface area contributed by atoms with Crippen LogP contribution in [0.2, 0.25) is 0 Å². The zero-order chi connectivity index (χ0) is 16.6. The van der Waals surface area contributed by atoms with E-state index >= 15 is 0 Å². The van der Waals surface area contributed by atoms with E-state index in [1.54, 1.807) is 0 Å². The predicted octanol–water partition coefficient (Wildman–Crippen LogP) is 2.52. The molecular formula is C19H32IN5. The molecule has 2 aliphatic rings. The fraction of sp³-hybridized carbons (Fsp3) is 0.632. The zero-order valence-corrected chi connectivity index (χ0v) is 17.4. The number of benzene rings is 1. The van der Waals surface area contributed by atoms with E-state index in [4.69, 9.17) is 5.73 Å². The second-order valence-electron chi connectivity index (χ2n) is 6.97. The molecule has 3 N–H and O–H groups in total. The van der Waals surface area contributed by atoms with Crippen molar-refractivity contribution in [2.24, 2.45) is 16.6 Å². The molecule has 25 heavy (non-hydrogen) atoms. The summed E-state index contributed by atoms with van der Waals surface area (Å²) in [5, 5.41) is 3.25. The largest absolute Gasteiger partial charge is 0.370 e. The molecule has 0 aromatic heterocycles. The van der Waals surface area contributed by atoms with Crippen molar-refractivity contribution < 1.29 is 0 Å². The van der Waals surface area contributed by atoms with Crippen LogP contribution in [0.5, 0.6) is 0 Å². The third-order valence-corrected chi connectivity index (χ3v) is 5.20. The Kier molecular flexibility index (Phi) is 8.81. The molecule has 0 radical (unpaired) electrons. The molecule has 1 aromatic rings. The van der Waals surface area contributed by atoms with Gasteiger partial charge in [0.25, 0.3) is 0 Å². The summed E-state index contributed by atoms with van der Waals surface area (Å²) in [7, 11) is 0. The third-order valence-electron chi connectivity index (χ3n) is 5.20. The summed E-state index contributed by atoms with van der Waals surface area (Å²) < 4.78 is 0. The Morgan fingerprint density at radius 1 is 1.12 bits per heavy atom. The molecule has 3 rings (SSSR count). The lowest BCUT2D eigenvalue weighted by molar-refractivity contribution is 0.255. The van der Waals surface area contributed by atoms with Crippen molar-refractivity contribution in [1.82, 2.24) is 10.2 Å². The number of nitrogens with two attached hydrogens (primary N) is 1. The average molecular weight is 457 g/mol. The predicted molar refractivity (Wildman–Crippen MR) is 117 cm³/mol. The first kappa shape index (κ1) is 20.3. The van der Waals surface area contributed by atoms with Crippen LogP contribution in [0.3, 0.4) is 0 Å². The maximum atomic E-state index is 5.92. The van der Waals surface area contributed by atoms with Gasteiger partial charge in [0.2, 0.25) is 0 Å². The van der Waals surface area contributed by atoms with Gasteiger partial charge in [-0.1, -0.05) is 24.6 Å². The van der Waals surface area contributed by atoms with Crippen molar-refractivity contribution in [3.63, 3.8) is 0 Å². The number of halogens is 1. The van der Waals surface area contributed by atoms with Crippen molar-refractivity contribution in [1.29, 1.82) is 0 Å². The van der Waals surface area contributed by atoms with Crippen LogP contribution in [0.4, 0.5) is 5.69 Å². The zero-order valence-electron chi connectivity index (χ0n) is 15.1. The molecule has 1 saturated heterocycles. The standard InChI is InChI=1S/C19H31N5.HI/c20-19(22-16-17-6-4-7-17)21-10-5-11-23-12-14-24(15-13-23)18-8-2-1-3-9-18;/h1-3,8-9,17H,4-7,10-16H2,(H3,20,21,22);1H. The number of piperazine rings is 1. The molecule has 140 valence electrons. The monoisotopic (exact) mass is 457 g/mol. The molecule has 2 fully saturated rings. The molecule has 6 heteroatoms. The van der Waals surface area contributed by atoms with Gasteiger partial charge in [-0.3, -0.25) is 9.89 Å². The first-order valence-electron chi connectivity index (χ1n) is 9.37. The molecule has 1 aliphatic carbocycles. The van der Waals surface area contributed by atoms with Gasteiger partial charge in [0.05, 0.1) is 0 Å². The highest BCUT2D eigenvalue weighted by Crippen LogP contribution is 2.26. The van der Waals surface area contributed by atoms with Crippen molar-refractivity contribution in [3.05, 3.63) is 30.3 Å². The van der Waals surface area contributed by atoms with Crippen LogP contribution in [0.25, 0.3) is 0 Å². The number of rotatable bonds is 7. The van der Waals surface area contributed by atoms with Gasteiger partial charge >= 0.3 is 0 Å². The lowest BCUT2D eigenvalue weighted by atomic mass is 9.86. The molecule has 0 atom stereocenters. The molecule has 1 aromatic carbocycles. The van der Waals surface area contributed by atoms with E-state index in [9.17, 15) is 0 Å². The first-order chi connectivity index (χ1) is 11.8. The Balaban J connectivity index is 0.00000225. The normalized spacial score (nSPS) is 19.2. The van der Waals surface area contributed by atoms with E-state index in [0.29, 0.717) is 5.96 Å². The number of hydrogen-bond donors (Lipinski definition) is 2. The Morgan fingerprint density at radius 2 is 1.84 bits per heavy atom. The highest BCUT2D eigenvalue weighted by Gasteiger charge is 2.17. The lowest BCUT2D eigenvalue weighted by Crippen LogP contribution is -2.47. The van der Waals surface area contributed by atoms with Crippen LogP contribution in [0, 0.1) is 5.92 Å². The van der Waals surface area contributed by atoms with Gasteiger partial charge in [0.1, 0.15) is 0 Å². The van der Waals surface area contributed by atoms with Gasteiger partial charge in [-0.15, -0.1) is 24.0 Å². The van der Waals surface area contributed by atoms with Crippen molar-refractivity contribution in [2.75, 3.05) is 50.7 Å². The fourth-order valence-corrected chi connectivity index (χ4v) is 3.35. The summed E-state index contributed by atoms with van der Waals surface area (Å²) >= 11 is 0. The Labute approximate surface area is 169 Å². The van der Waals surface area contributed by atoms with Crippen molar-refractivity contribution in [3.8, 4) is 0 Å². The summed E-state index contributed by atoms with van der Waals surface area (Å²) in [5.74, 6) is 1.40. The Morgan fingerprint density at radius 3 is 2.48 bits per heavy atom. The molecular weight excluding hydrogens is 425 g/mol. The van der Waals surface area contributed by atoms with Gasteiger partial charge < -0.3 is 16.0 Å². The number of guanidine groups is 1. The summed E-state index contributed by atoms with van der Waals surface area (Å²) in [6, 6.07) is 10.7. The van der Waals surface area contributed by atoms with E-state index in [-0.39, 0.29) is 24.0 Å². The molecule has 5 nitrogen and oxygen atoms in total. The molecule has 0 spiro atoms. The second-order valence-corrected chi connectivity index (χ2v) is 6.97. The van der Waals surface area contributed by atoms with E-state index in [1.165, 1.54) is 24.9 Å². The summed E-state index contributed by atoms with van der Waals surface area (Å²) in [6.07, 6.45) is 5.13. The van der Waals surface area contributed by atoms with Crippen LogP contribution in [-0.4, -0.2) is 56.7 Å². The van der Waals surface area contributed by atoms with Crippen LogP contribution in [0.15, 0.2) is 35.3 Å². The van der Waals surface area contributed by atoms with Gasteiger partial charge in [-0.25, -0.2) is 0 Å². The SMILES string of the molecule is I.NC(=NCC1CCC1)NCCCN1CCN(c2ccccc2)CC1. The van der Waals surface area contributed by atoms with Gasteiger partial charge in [-0.2, -0.15) is 0 Å². The molecule has 1 saturated carbocycles. The first-order valence-corrected chi connectivity index (χ1v) is 9.37. The second kappa shape index (κ2) is 10.9. The maximum Gasteiger partial charge on any atom is 0.188 e. The highest BCUT2D eigenvalue weighted by molar-refractivity contribution is 14.0. The summed E-state index contributed by atoms with van der Waals surface area (Å²) in [4.78, 5) is 9.45. The van der Waals surface area contributed by atoms with Crippen LogP contribution < -0.4 is 16.0 Å². The molecule has 1 heterocycles. The van der Waals surface area contributed by atoms with E-state index in [0.717, 1.165) is 58.2 Å². The van der Waals surface area contributed by atoms with E-state index < -0.39 is 0 Å².